The van der Waals surface area contributed by atoms with Crippen LogP contribution in [-0.2, 0) is 19.1 Å². The predicted molar refractivity (Wildman–Crippen MR) is 42.0 cm³/mol. The molecule has 0 bridgehead atoms. The largest absolute Gasteiger partial charge is 0.467 e. The molecule has 1 N–H and O–H groups in total. The Labute approximate surface area is 75.6 Å². The molecule has 1 aliphatic heterocycles. The van der Waals surface area contributed by atoms with Crippen molar-refractivity contribution < 1.29 is 24.2 Å². The number of carbonyl (C=O) groups excluding carboxylic acids is 2. The Morgan fingerprint density at radius 2 is 2.46 bits per heavy atom. The zero-order chi connectivity index (χ0) is 9.84. The molecule has 0 aliphatic carbocycles. The minimum absolute atomic E-state index is 0.0924. The molecule has 0 saturated carbocycles. The van der Waals surface area contributed by atoms with Crippen LogP contribution in [0.15, 0.2) is 0 Å². The van der Waals surface area contributed by atoms with Crippen LogP contribution in [0.1, 0.15) is 6.42 Å². The summed E-state index contributed by atoms with van der Waals surface area (Å²) in [5.41, 5.74) is 0. The van der Waals surface area contributed by atoms with Crippen LogP contribution in [0.4, 0.5) is 0 Å². The smallest absolute Gasteiger partial charge is 0.335 e. The number of methoxy groups -OCH3 is 1. The first-order valence-corrected chi connectivity index (χ1v) is 4.03. The summed E-state index contributed by atoms with van der Waals surface area (Å²) in [6, 6.07) is 0. The number of hydrogen-bond acceptors (Lipinski definition) is 5. The lowest BCUT2D eigenvalue weighted by atomic mass is 9.94. The number of Topliss-reactive ketones (excluding diaryl/α,β-unsaturated/α-hetero) is 1. The third-order valence-electron chi connectivity index (χ3n) is 2.03. The van der Waals surface area contributed by atoms with Gasteiger partial charge < -0.3 is 14.6 Å². The molecule has 0 aromatic rings. The van der Waals surface area contributed by atoms with Gasteiger partial charge in [0.05, 0.1) is 26.2 Å². The lowest BCUT2D eigenvalue weighted by Crippen LogP contribution is -2.41. The summed E-state index contributed by atoms with van der Waals surface area (Å²) >= 11 is 0. The van der Waals surface area contributed by atoms with Crippen molar-refractivity contribution in [3.8, 4) is 0 Å². The van der Waals surface area contributed by atoms with Gasteiger partial charge in [-0.25, -0.2) is 4.79 Å². The number of carbonyl (C=O) groups is 2. The minimum atomic E-state index is -1.39. The maximum atomic E-state index is 11.2. The quantitative estimate of drug-likeness (QED) is 0.570. The van der Waals surface area contributed by atoms with Gasteiger partial charge in [-0.1, -0.05) is 0 Å². The number of esters is 1. The standard InChI is InChI=1S/C8H12O5/c1-12-8(11)7(10)5-4-13-3-2-6(5)9/h5,7,10H,2-4H2,1H3/t5-,7-/m1/s1. The van der Waals surface area contributed by atoms with E-state index in [0.717, 1.165) is 0 Å². The molecule has 2 atom stereocenters. The second-order valence-electron chi connectivity index (χ2n) is 2.87. The van der Waals surface area contributed by atoms with E-state index in [1.807, 2.05) is 0 Å². The number of aliphatic hydroxyl groups excluding tert-OH is 1. The van der Waals surface area contributed by atoms with Crippen molar-refractivity contribution >= 4 is 11.8 Å². The first-order chi connectivity index (χ1) is 6.16. The molecule has 5 heteroatoms. The molecule has 1 saturated heterocycles. The maximum absolute atomic E-state index is 11.2. The highest BCUT2D eigenvalue weighted by atomic mass is 16.5. The van der Waals surface area contributed by atoms with Crippen LogP contribution >= 0.6 is 0 Å². The third-order valence-corrected chi connectivity index (χ3v) is 2.03. The summed E-state index contributed by atoms with van der Waals surface area (Å²) < 4.78 is 9.30. The van der Waals surface area contributed by atoms with E-state index < -0.39 is 18.0 Å². The van der Waals surface area contributed by atoms with E-state index >= 15 is 0 Å². The summed E-state index contributed by atoms with van der Waals surface area (Å²) in [5, 5.41) is 9.34. The summed E-state index contributed by atoms with van der Waals surface area (Å²) in [6.45, 7) is 0.457. The van der Waals surface area contributed by atoms with Gasteiger partial charge in [-0.2, -0.15) is 0 Å². The van der Waals surface area contributed by atoms with Gasteiger partial charge in [-0.3, -0.25) is 4.79 Å². The number of ketones is 1. The van der Waals surface area contributed by atoms with Crippen LogP contribution in [0, 0.1) is 5.92 Å². The van der Waals surface area contributed by atoms with E-state index in [1.165, 1.54) is 7.11 Å². The third kappa shape index (κ3) is 2.26. The van der Waals surface area contributed by atoms with Crippen LogP contribution in [0.3, 0.4) is 0 Å². The van der Waals surface area contributed by atoms with Gasteiger partial charge in [0, 0.05) is 6.42 Å². The Balaban J connectivity index is 2.58. The highest BCUT2D eigenvalue weighted by molar-refractivity contribution is 5.88. The zero-order valence-corrected chi connectivity index (χ0v) is 7.36. The lowest BCUT2D eigenvalue weighted by molar-refractivity contribution is -0.160. The Kier molecular flexibility index (Phi) is 3.39. The van der Waals surface area contributed by atoms with Crippen molar-refractivity contribution in [2.75, 3.05) is 20.3 Å². The second-order valence-corrected chi connectivity index (χ2v) is 2.87. The molecule has 0 radical (unpaired) electrons. The van der Waals surface area contributed by atoms with Crippen LogP contribution in [-0.4, -0.2) is 43.3 Å². The van der Waals surface area contributed by atoms with Crippen LogP contribution in [0.25, 0.3) is 0 Å². The topological polar surface area (TPSA) is 72.8 Å². The van der Waals surface area contributed by atoms with Gasteiger partial charge in [-0.05, 0) is 0 Å². The molecule has 0 unspecified atom stereocenters. The molecule has 0 amide bonds. The lowest BCUT2D eigenvalue weighted by Gasteiger charge is -2.23. The highest BCUT2D eigenvalue weighted by Crippen LogP contribution is 2.14. The Morgan fingerprint density at radius 1 is 1.77 bits per heavy atom. The van der Waals surface area contributed by atoms with E-state index in [4.69, 9.17) is 4.74 Å². The fourth-order valence-corrected chi connectivity index (χ4v) is 1.21. The SMILES string of the molecule is COC(=O)[C@H](O)[C@@H]1COCCC1=O. The molecule has 1 aliphatic rings. The summed E-state index contributed by atoms with van der Waals surface area (Å²) in [7, 11) is 1.17. The van der Waals surface area contributed by atoms with Crippen molar-refractivity contribution in [3.63, 3.8) is 0 Å². The number of hydrogen-bond donors (Lipinski definition) is 1. The summed E-state index contributed by atoms with van der Waals surface area (Å²) in [4.78, 5) is 22.1. The second kappa shape index (κ2) is 4.34. The van der Waals surface area contributed by atoms with E-state index in [0.29, 0.717) is 6.61 Å². The van der Waals surface area contributed by atoms with Crippen molar-refractivity contribution in [2.45, 2.75) is 12.5 Å². The minimum Gasteiger partial charge on any atom is -0.467 e. The molecule has 13 heavy (non-hydrogen) atoms. The zero-order valence-electron chi connectivity index (χ0n) is 7.36. The van der Waals surface area contributed by atoms with Crippen molar-refractivity contribution in [3.05, 3.63) is 0 Å². The van der Waals surface area contributed by atoms with Gasteiger partial charge in [0.25, 0.3) is 0 Å². The molecule has 74 valence electrons. The maximum Gasteiger partial charge on any atom is 0.335 e. The van der Waals surface area contributed by atoms with Gasteiger partial charge in [0.15, 0.2) is 6.10 Å². The van der Waals surface area contributed by atoms with Crippen LogP contribution in [0.2, 0.25) is 0 Å². The first-order valence-electron chi connectivity index (χ1n) is 4.03. The van der Waals surface area contributed by atoms with Gasteiger partial charge in [-0.15, -0.1) is 0 Å². The first kappa shape index (κ1) is 10.1. The molecule has 1 fully saturated rings. The molecule has 0 aromatic heterocycles. The van der Waals surface area contributed by atoms with Crippen molar-refractivity contribution in [1.82, 2.24) is 0 Å². The number of ether oxygens (including phenoxy) is 2. The van der Waals surface area contributed by atoms with Crippen molar-refractivity contribution in [2.24, 2.45) is 5.92 Å². The van der Waals surface area contributed by atoms with Crippen LogP contribution in [0.5, 0.6) is 0 Å². The normalized spacial score (nSPS) is 25.4. The van der Waals surface area contributed by atoms with Gasteiger partial charge in [0.2, 0.25) is 0 Å². The molecule has 0 aromatic carbocycles. The van der Waals surface area contributed by atoms with Gasteiger partial charge >= 0.3 is 5.97 Å². The number of rotatable bonds is 2. The Morgan fingerprint density at radius 3 is 3.00 bits per heavy atom. The molecule has 5 nitrogen and oxygen atoms in total. The Hall–Kier alpha value is -0.940. The van der Waals surface area contributed by atoms with Crippen molar-refractivity contribution in [1.29, 1.82) is 0 Å². The fraction of sp³-hybridized carbons (Fsp3) is 0.750. The predicted octanol–water partition coefficient (Wildman–Crippen LogP) is -0.874. The summed E-state index contributed by atoms with van der Waals surface area (Å²) in [6.07, 6.45) is -1.14. The molecule has 1 heterocycles. The van der Waals surface area contributed by atoms with E-state index in [1.54, 1.807) is 0 Å². The molecule has 0 spiro atoms. The molecular weight excluding hydrogens is 176 g/mol. The summed E-state index contributed by atoms with van der Waals surface area (Å²) in [5.74, 6) is -1.70. The van der Waals surface area contributed by atoms with E-state index in [-0.39, 0.29) is 18.8 Å². The average Bonchev–Trinajstić information content (AvgIpc) is 2.16. The number of aliphatic hydroxyl groups is 1. The average molecular weight is 188 g/mol. The van der Waals surface area contributed by atoms with Gasteiger partial charge in [0.1, 0.15) is 5.78 Å². The molecular formula is C8H12O5. The fourth-order valence-electron chi connectivity index (χ4n) is 1.21. The monoisotopic (exact) mass is 188 g/mol. The van der Waals surface area contributed by atoms with E-state index in [2.05, 4.69) is 4.74 Å². The molecule has 1 rings (SSSR count). The van der Waals surface area contributed by atoms with E-state index in [9.17, 15) is 14.7 Å². The Bertz CT molecular complexity index is 213. The highest BCUT2D eigenvalue weighted by Gasteiger charge is 2.34. The van der Waals surface area contributed by atoms with Crippen LogP contribution < -0.4 is 0 Å².